The van der Waals surface area contributed by atoms with Gasteiger partial charge in [-0.05, 0) is 44.2 Å². The van der Waals surface area contributed by atoms with Crippen LogP contribution in [0.15, 0.2) is 30.3 Å². The first-order valence-corrected chi connectivity index (χ1v) is 13.1. The van der Waals surface area contributed by atoms with Crippen molar-refractivity contribution in [3.05, 3.63) is 47.3 Å². The highest BCUT2D eigenvalue weighted by molar-refractivity contribution is 5.85. The van der Waals surface area contributed by atoms with E-state index in [-0.39, 0.29) is 24.4 Å². The van der Waals surface area contributed by atoms with Crippen LogP contribution < -0.4 is 4.74 Å². The van der Waals surface area contributed by atoms with Crippen molar-refractivity contribution in [2.75, 3.05) is 26.4 Å². The minimum Gasteiger partial charge on any atom is -0.491 e. The molecule has 3 rings (SSSR count). The molecule has 21 heteroatoms. The first-order valence-electron chi connectivity index (χ1n) is 13.1. The lowest BCUT2D eigenvalue weighted by Gasteiger charge is -2.30. The van der Waals surface area contributed by atoms with Gasteiger partial charge in [0.05, 0.1) is 12.1 Å². The molecule has 0 N–H and O–H groups in total. The van der Waals surface area contributed by atoms with Crippen LogP contribution in [-0.4, -0.2) is 76.0 Å². The van der Waals surface area contributed by atoms with Crippen molar-refractivity contribution in [3.63, 3.8) is 0 Å². The Morgan fingerprint density at radius 2 is 1.32 bits per heavy atom. The molecule has 262 valence electrons. The van der Waals surface area contributed by atoms with Crippen molar-refractivity contribution in [2.45, 2.75) is 56.3 Å². The highest BCUT2D eigenvalue weighted by Crippen LogP contribution is 2.55. The number of amides is 1. The van der Waals surface area contributed by atoms with Gasteiger partial charge in [0.25, 0.3) is 0 Å². The van der Waals surface area contributed by atoms with E-state index in [4.69, 9.17) is 4.74 Å². The second kappa shape index (κ2) is 12.6. The fourth-order valence-corrected chi connectivity index (χ4v) is 4.22. The summed E-state index contributed by atoms with van der Waals surface area (Å²) in [6.07, 6.45) is -15.4. The Labute approximate surface area is 254 Å². The number of alkyl halides is 15. The molecule has 0 fully saturated rings. The van der Waals surface area contributed by atoms with Gasteiger partial charge in [0, 0.05) is 24.2 Å². The molecule has 0 aliphatic carbocycles. The predicted molar refractivity (Wildman–Crippen MR) is 131 cm³/mol. The fourth-order valence-electron chi connectivity index (χ4n) is 4.22. The Balaban J connectivity index is 2.53. The predicted octanol–water partition coefficient (Wildman–Crippen LogP) is 7.73. The number of likely N-dealkylation sites (N-methyl/N-ethyl adjacent to an activating group) is 1. The minimum atomic E-state index is -7.15. The highest BCUT2D eigenvalue weighted by atomic mass is 19.4. The van der Waals surface area contributed by atoms with E-state index in [0.717, 1.165) is 29.2 Å². The Morgan fingerprint density at radius 1 is 0.809 bits per heavy atom. The van der Waals surface area contributed by atoms with Crippen molar-refractivity contribution >= 4 is 11.6 Å². The molecule has 0 saturated carbocycles. The fraction of sp³-hybridized carbons (Fsp3) is 0.500. The molecule has 0 spiro atoms. The van der Waals surface area contributed by atoms with Crippen molar-refractivity contribution in [3.8, 4) is 17.0 Å². The molecule has 47 heavy (non-hydrogen) atoms. The monoisotopic (exact) mass is 706 g/mol. The summed E-state index contributed by atoms with van der Waals surface area (Å²) in [7, 11) is 0. The van der Waals surface area contributed by atoms with Gasteiger partial charge >= 0.3 is 36.0 Å². The quantitative estimate of drug-likeness (QED) is 0.181. The standard InChI is InChI=1S/C26H21F15N4O2/c1-3-44(4-2)18(46)11-15-19(13-5-7-14(8-6-13)47-10-9-27)43-45-17(22(30,31)24(34,35)26(39,40)41)12-16(42-20(15)45)21(28,29)23(32,33)25(36,37)38/h5-8,12H,3-4,9-11H2,1-2H3. The average Bonchev–Trinajstić information content (AvgIpc) is 3.32. The second-order valence-electron chi connectivity index (χ2n) is 9.69. The van der Waals surface area contributed by atoms with Crippen LogP contribution in [0, 0.1) is 0 Å². The van der Waals surface area contributed by atoms with Crippen molar-refractivity contribution in [2.24, 2.45) is 0 Å². The van der Waals surface area contributed by atoms with Gasteiger partial charge in [0.1, 0.15) is 30.4 Å². The maximum atomic E-state index is 15.1. The molecule has 3 aromatic rings. The Bertz CT molecular complexity index is 1580. The van der Waals surface area contributed by atoms with Crippen LogP contribution in [0.3, 0.4) is 0 Å². The summed E-state index contributed by atoms with van der Waals surface area (Å²) in [6.45, 7) is 1.36. The van der Waals surface area contributed by atoms with Crippen LogP contribution in [0.5, 0.6) is 5.75 Å². The van der Waals surface area contributed by atoms with E-state index < -0.39 is 101 Å². The molecule has 0 bridgehead atoms. The number of halogens is 15. The van der Waals surface area contributed by atoms with Crippen LogP contribution in [0.2, 0.25) is 0 Å². The van der Waals surface area contributed by atoms with Crippen LogP contribution >= 0.6 is 0 Å². The molecule has 6 nitrogen and oxygen atoms in total. The molecule has 0 atom stereocenters. The number of hydrogen-bond donors (Lipinski definition) is 0. The summed E-state index contributed by atoms with van der Waals surface area (Å²) in [4.78, 5) is 16.9. The number of fused-ring (bicyclic) bond motifs is 1. The second-order valence-corrected chi connectivity index (χ2v) is 9.69. The lowest BCUT2D eigenvalue weighted by molar-refractivity contribution is -0.362. The Kier molecular flexibility index (Phi) is 10.0. The molecular weight excluding hydrogens is 685 g/mol. The first-order chi connectivity index (χ1) is 21.4. The summed E-state index contributed by atoms with van der Waals surface area (Å²) < 4.78 is 212. The molecule has 0 aliphatic rings. The van der Waals surface area contributed by atoms with E-state index in [9.17, 15) is 61.9 Å². The van der Waals surface area contributed by atoms with E-state index in [2.05, 4.69) is 10.1 Å². The zero-order valence-electron chi connectivity index (χ0n) is 23.7. The van der Waals surface area contributed by atoms with Gasteiger partial charge in [-0.15, -0.1) is 0 Å². The van der Waals surface area contributed by atoms with Gasteiger partial charge in [0.2, 0.25) is 5.91 Å². The zero-order valence-corrected chi connectivity index (χ0v) is 23.7. The van der Waals surface area contributed by atoms with Crippen LogP contribution in [0.25, 0.3) is 16.9 Å². The van der Waals surface area contributed by atoms with Gasteiger partial charge in [-0.3, -0.25) is 4.79 Å². The van der Waals surface area contributed by atoms with Crippen LogP contribution in [0.4, 0.5) is 65.9 Å². The molecule has 0 aliphatic heterocycles. The lowest BCUT2D eigenvalue weighted by Crippen LogP contribution is -2.52. The van der Waals surface area contributed by atoms with Gasteiger partial charge in [-0.1, -0.05) is 0 Å². The third-order valence-electron chi connectivity index (χ3n) is 6.75. The lowest BCUT2D eigenvalue weighted by atomic mass is 10.0. The normalized spacial score (nSPS) is 13.7. The number of benzene rings is 1. The summed E-state index contributed by atoms with van der Waals surface area (Å²) >= 11 is 0. The number of nitrogens with zero attached hydrogens (tertiary/aromatic N) is 4. The number of aromatic nitrogens is 3. The van der Waals surface area contributed by atoms with Crippen molar-refractivity contribution in [1.29, 1.82) is 0 Å². The molecular formula is C26H21F15N4O2. The third kappa shape index (κ3) is 6.48. The number of carbonyl (C=O) groups is 1. The van der Waals surface area contributed by atoms with E-state index in [1.165, 1.54) is 13.8 Å². The number of rotatable bonds is 12. The van der Waals surface area contributed by atoms with Gasteiger partial charge < -0.3 is 9.64 Å². The van der Waals surface area contributed by atoms with Crippen molar-refractivity contribution < 1.29 is 75.4 Å². The summed E-state index contributed by atoms with van der Waals surface area (Å²) in [5.74, 6) is -28.6. The summed E-state index contributed by atoms with van der Waals surface area (Å²) in [6, 6.07) is 3.00. The molecule has 1 aromatic carbocycles. The zero-order chi connectivity index (χ0) is 36.0. The summed E-state index contributed by atoms with van der Waals surface area (Å²) in [5, 5.41) is 3.48. The topological polar surface area (TPSA) is 59.7 Å². The highest BCUT2D eigenvalue weighted by Gasteiger charge is 2.76. The molecule has 0 saturated heterocycles. The number of carbonyl (C=O) groups excluding carboxylic acids is 1. The Morgan fingerprint density at radius 3 is 1.79 bits per heavy atom. The largest absolute Gasteiger partial charge is 0.491 e. The van der Waals surface area contributed by atoms with E-state index in [1.54, 1.807) is 0 Å². The molecule has 0 unspecified atom stereocenters. The van der Waals surface area contributed by atoms with E-state index in [0.29, 0.717) is 0 Å². The van der Waals surface area contributed by atoms with Gasteiger partial charge in [-0.25, -0.2) is 13.9 Å². The summed E-state index contributed by atoms with van der Waals surface area (Å²) in [5.41, 5.74) is -9.54. The maximum absolute atomic E-state index is 15.1. The first kappa shape index (κ1) is 37.5. The Hall–Kier alpha value is -3.94. The van der Waals surface area contributed by atoms with E-state index >= 15 is 8.78 Å². The number of ether oxygens (including phenoxy) is 1. The number of hydrogen-bond acceptors (Lipinski definition) is 4. The van der Waals surface area contributed by atoms with Gasteiger partial charge in [-0.2, -0.15) is 66.6 Å². The van der Waals surface area contributed by atoms with Crippen LogP contribution in [0.1, 0.15) is 30.8 Å². The van der Waals surface area contributed by atoms with Crippen LogP contribution in [-0.2, 0) is 23.1 Å². The maximum Gasteiger partial charge on any atom is 0.460 e. The third-order valence-corrected chi connectivity index (χ3v) is 6.75. The molecule has 1 amide bonds. The van der Waals surface area contributed by atoms with Gasteiger partial charge in [0.15, 0.2) is 5.65 Å². The molecule has 2 aromatic heterocycles. The SMILES string of the molecule is CCN(CC)C(=O)Cc1c(-c2ccc(OCCF)cc2)nn2c(C(F)(F)C(F)(F)C(F)(F)F)cc(C(F)(F)C(F)(F)C(F)(F)F)nc12. The molecule has 2 heterocycles. The van der Waals surface area contributed by atoms with E-state index in [1.807, 2.05) is 0 Å². The minimum absolute atomic E-state index is 0.0394. The average molecular weight is 706 g/mol. The van der Waals surface area contributed by atoms with Crippen molar-refractivity contribution in [1.82, 2.24) is 19.5 Å². The smallest absolute Gasteiger partial charge is 0.460 e. The molecule has 0 radical (unpaired) electrons.